The third kappa shape index (κ3) is 4.13. The molecule has 1 amide bonds. The summed E-state index contributed by atoms with van der Waals surface area (Å²) in [5, 5.41) is 3.01. The molecule has 2 rings (SSSR count). The van der Waals surface area contributed by atoms with E-state index < -0.39 is 0 Å². The molecular weight excluding hydrogens is 282 g/mol. The SMILES string of the molecule is COc1ccc(CNC(=O)C2CCC(OC)CC2)cc1OC. The number of methoxy groups -OCH3 is 3. The molecule has 1 aliphatic rings. The summed E-state index contributed by atoms with van der Waals surface area (Å²) in [5.41, 5.74) is 0.997. The number of nitrogens with one attached hydrogen (secondary N) is 1. The summed E-state index contributed by atoms with van der Waals surface area (Å²) < 4.78 is 15.8. The Morgan fingerprint density at radius 3 is 2.36 bits per heavy atom. The van der Waals surface area contributed by atoms with Gasteiger partial charge < -0.3 is 19.5 Å². The first kappa shape index (κ1) is 16.6. The summed E-state index contributed by atoms with van der Waals surface area (Å²) in [6.45, 7) is 0.503. The summed E-state index contributed by atoms with van der Waals surface area (Å²) >= 11 is 0. The van der Waals surface area contributed by atoms with Crippen LogP contribution in [0.15, 0.2) is 18.2 Å². The van der Waals surface area contributed by atoms with E-state index in [1.54, 1.807) is 21.3 Å². The third-order valence-electron chi connectivity index (χ3n) is 4.29. The highest BCUT2D eigenvalue weighted by atomic mass is 16.5. The maximum atomic E-state index is 12.2. The molecule has 1 aromatic rings. The molecule has 0 atom stereocenters. The molecule has 0 aliphatic heterocycles. The smallest absolute Gasteiger partial charge is 0.223 e. The van der Waals surface area contributed by atoms with Gasteiger partial charge in [0.1, 0.15) is 0 Å². The minimum atomic E-state index is 0.103. The van der Waals surface area contributed by atoms with Gasteiger partial charge >= 0.3 is 0 Å². The molecule has 122 valence electrons. The van der Waals surface area contributed by atoms with Gasteiger partial charge in [-0.3, -0.25) is 4.79 Å². The Bertz CT molecular complexity index is 495. The van der Waals surface area contributed by atoms with Crippen molar-refractivity contribution >= 4 is 5.91 Å². The van der Waals surface area contributed by atoms with Gasteiger partial charge in [-0.2, -0.15) is 0 Å². The van der Waals surface area contributed by atoms with Crippen molar-refractivity contribution < 1.29 is 19.0 Å². The lowest BCUT2D eigenvalue weighted by atomic mass is 9.87. The van der Waals surface area contributed by atoms with Crippen molar-refractivity contribution in [2.45, 2.75) is 38.3 Å². The second kappa shape index (κ2) is 8.03. The molecular formula is C17H25NO4. The van der Waals surface area contributed by atoms with Crippen LogP contribution in [0.5, 0.6) is 11.5 Å². The molecule has 5 heteroatoms. The zero-order valence-electron chi connectivity index (χ0n) is 13.6. The van der Waals surface area contributed by atoms with Gasteiger partial charge in [-0.25, -0.2) is 0 Å². The number of hydrogen-bond donors (Lipinski definition) is 1. The predicted molar refractivity (Wildman–Crippen MR) is 84.1 cm³/mol. The van der Waals surface area contributed by atoms with Crippen LogP contribution in [0.2, 0.25) is 0 Å². The summed E-state index contributed by atoms with van der Waals surface area (Å²) in [5.74, 6) is 1.60. The molecule has 0 unspecified atom stereocenters. The number of hydrogen-bond acceptors (Lipinski definition) is 4. The van der Waals surface area contributed by atoms with Crippen LogP contribution in [0.25, 0.3) is 0 Å². The fourth-order valence-electron chi connectivity index (χ4n) is 2.88. The molecule has 0 spiro atoms. The highest BCUT2D eigenvalue weighted by Crippen LogP contribution is 2.28. The molecule has 1 aromatic carbocycles. The van der Waals surface area contributed by atoms with E-state index in [1.165, 1.54) is 0 Å². The summed E-state index contributed by atoms with van der Waals surface area (Å²) in [6, 6.07) is 5.68. The fraction of sp³-hybridized carbons (Fsp3) is 0.588. The predicted octanol–water partition coefficient (Wildman–Crippen LogP) is 2.53. The van der Waals surface area contributed by atoms with Crippen LogP contribution in [0.3, 0.4) is 0 Å². The topological polar surface area (TPSA) is 56.8 Å². The van der Waals surface area contributed by atoms with E-state index in [0.29, 0.717) is 24.1 Å². The Balaban J connectivity index is 1.86. The van der Waals surface area contributed by atoms with Gasteiger partial charge in [-0.15, -0.1) is 0 Å². The number of carbonyl (C=O) groups excluding carboxylic acids is 1. The maximum absolute atomic E-state index is 12.2. The summed E-state index contributed by atoms with van der Waals surface area (Å²) in [6.07, 6.45) is 4.04. The van der Waals surface area contributed by atoms with Crippen molar-refractivity contribution in [1.82, 2.24) is 5.32 Å². The van der Waals surface area contributed by atoms with Crippen LogP contribution in [-0.4, -0.2) is 33.3 Å². The Morgan fingerprint density at radius 2 is 1.77 bits per heavy atom. The summed E-state index contributed by atoms with van der Waals surface area (Å²) in [7, 11) is 4.95. The second-order valence-corrected chi connectivity index (χ2v) is 5.62. The molecule has 0 radical (unpaired) electrons. The van der Waals surface area contributed by atoms with E-state index in [-0.39, 0.29) is 11.8 Å². The van der Waals surface area contributed by atoms with Crippen molar-refractivity contribution in [2.75, 3.05) is 21.3 Å². The molecule has 1 saturated carbocycles. The molecule has 1 aliphatic carbocycles. The van der Waals surface area contributed by atoms with E-state index >= 15 is 0 Å². The van der Waals surface area contributed by atoms with Gasteiger partial charge in [-0.05, 0) is 43.4 Å². The molecule has 0 aromatic heterocycles. The molecule has 22 heavy (non-hydrogen) atoms. The standard InChI is InChI=1S/C17H25NO4/c1-20-14-7-5-13(6-8-14)17(19)18-11-12-4-9-15(21-2)16(10-12)22-3/h4,9-10,13-14H,5-8,11H2,1-3H3,(H,18,19). The monoisotopic (exact) mass is 307 g/mol. The highest BCUT2D eigenvalue weighted by Gasteiger charge is 2.25. The van der Waals surface area contributed by atoms with Crippen molar-refractivity contribution in [3.8, 4) is 11.5 Å². The largest absolute Gasteiger partial charge is 0.493 e. The second-order valence-electron chi connectivity index (χ2n) is 5.62. The zero-order valence-corrected chi connectivity index (χ0v) is 13.6. The average Bonchev–Trinajstić information content (AvgIpc) is 2.59. The van der Waals surface area contributed by atoms with Crippen LogP contribution < -0.4 is 14.8 Å². The van der Waals surface area contributed by atoms with Gasteiger partial charge in [0.15, 0.2) is 11.5 Å². The molecule has 0 heterocycles. The van der Waals surface area contributed by atoms with Crippen LogP contribution in [0, 0.1) is 5.92 Å². The quantitative estimate of drug-likeness (QED) is 0.877. The van der Waals surface area contributed by atoms with Crippen LogP contribution in [0.4, 0.5) is 0 Å². The van der Waals surface area contributed by atoms with Gasteiger partial charge in [0, 0.05) is 19.6 Å². The number of carbonyl (C=O) groups is 1. The van der Waals surface area contributed by atoms with E-state index in [0.717, 1.165) is 31.2 Å². The van der Waals surface area contributed by atoms with Gasteiger partial charge in [0.2, 0.25) is 5.91 Å². The lowest BCUT2D eigenvalue weighted by molar-refractivity contribution is -0.126. The highest BCUT2D eigenvalue weighted by molar-refractivity contribution is 5.78. The molecule has 1 N–H and O–H groups in total. The minimum absolute atomic E-state index is 0.103. The number of benzene rings is 1. The van der Waals surface area contributed by atoms with E-state index in [4.69, 9.17) is 14.2 Å². The average molecular weight is 307 g/mol. The lowest BCUT2D eigenvalue weighted by Crippen LogP contribution is -2.34. The number of ether oxygens (including phenoxy) is 3. The van der Waals surface area contributed by atoms with Gasteiger partial charge in [-0.1, -0.05) is 6.07 Å². The van der Waals surface area contributed by atoms with Crippen molar-refractivity contribution in [3.63, 3.8) is 0 Å². The maximum Gasteiger partial charge on any atom is 0.223 e. The van der Waals surface area contributed by atoms with Crippen molar-refractivity contribution in [1.29, 1.82) is 0 Å². The molecule has 0 bridgehead atoms. The Labute approximate surface area is 131 Å². The van der Waals surface area contributed by atoms with Crippen molar-refractivity contribution in [2.24, 2.45) is 5.92 Å². The fourth-order valence-corrected chi connectivity index (χ4v) is 2.88. The number of rotatable bonds is 6. The van der Waals surface area contributed by atoms with E-state index in [2.05, 4.69) is 5.32 Å². The van der Waals surface area contributed by atoms with Crippen molar-refractivity contribution in [3.05, 3.63) is 23.8 Å². The Hall–Kier alpha value is -1.75. The third-order valence-corrected chi connectivity index (χ3v) is 4.29. The first-order chi connectivity index (χ1) is 10.7. The lowest BCUT2D eigenvalue weighted by Gasteiger charge is -2.26. The van der Waals surface area contributed by atoms with Crippen LogP contribution in [0.1, 0.15) is 31.2 Å². The van der Waals surface area contributed by atoms with Gasteiger partial charge in [0.25, 0.3) is 0 Å². The zero-order chi connectivity index (χ0) is 15.9. The van der Waals surface area contributed by atoms with E-state index in [9.17, 15) is 4.79 Å². The first-order valence-corrected chi connectivity index (χ1v) is 7.69. The molecule has 5 nitrogen and oxygen atoms in total. The van der Waals surface area contributed by atoms with E-state index in [1.807, 2.05) is 18.2 Å². The Morgan fingerprint density at radius 1 is 1.09 bits per heavy atom. The van der Waals surface area contributed by atoms with Gasteiger partial charge in [0.05, 0.1) is 20.3 Å². The Kier molecular flexibility index (Phi) is 6.07. The number of amides is 1. The van der Waals surface area contributed by atoms with Crippen LogP contribution in [-0.2, 0) is 16.1 Å². The summed E-state index contributed by atoms with van der Waals surface area (Å²) in [4.78, 5) is 12.2. The molecule has 0 saturated heterocycles. The first-order valence-electron chi connectivity index (χ1n) is 7.69. The normalized spacial score (nSPS) is 21.2. The minimum Gasteiger partial charge on any atom is -0.493 e. The van der Waals surface area contributed by atoms with Crippen LogP contribution >= 0.6 is 0 Å². The molecule has 1 fully saturated rings.